The van der Waals surface area contributed by atoms with Crippen LogP contribution in [0.1, 0.15) is 18.4 Å². The lowest BCUT2D eigenvalue weighted by molar-refractivity contribution is -0.880. The van der Waals surface area contributed by atoms with Crippen LogP contribution in [-0.2, 0) is 36.3 Å². The molecule has 1 amide bonds. The van der Waals surface area contributed by atoms with Gasteiger partial charge in [0.05, 0.1) is 58.8 Å². The predicted octanol–water partition coefficient (Wildman–Crippen LogP) is -4.40. The van der Waals surface area contributed by atoms with Crippen molar-refractivity contribution in [1.82, 2.24) is 4.98 Å². The minimum Gasteiger partial charge on any atom is -0.539 e. The molecule has 17 heteroatoms. The molecule has 1 aliphatic rings. The van der Waals surface area contributed by atoms with Gasteiger partial charge in [0, 0.05) is 19.2 Å². The minimum atomic E-state index is -2.07. The number of rotatable bonds is 10. The fourth-order valence-electron chi connectivity index (χ4n) is 3.53. The summed E-state index contributed by atoms with van der Waals surface area (Å²) in [7, 11) is 6.46. The molecule has 0 bridgehead atoms. The Morgan fingerprint density at radius 3 is 2.09 bits per heavy atom. The maximum atomic E-state index is 11.6. The van der Waals surface area contributed by atoms with E-state index >= 15 is 0 Å². The quantitative estimate of drug-likeness (QED) is 0.108. The lowest BCUT2D eigenvalue weighted by Gasteiger charge is -2.31. The molecule has 1 aliphatic heterocycles. The number of quaternary nitrogens is 2. The number of anilines is 3. The van der Waals surface area contributed by atoms with Gasteiger partial charge in [-0.25, -0.2) is 14.6 Å². The highest BCUT2D eigenvalue weighted by Crippen LogP contribution is 2.24. The first-order valence-corrected chi connectivity index (χ1v) is 14.3. The monoisotopic (exact) mass is 626 g/mol. The van der Waals surface area contributed by atoms with Crippen molar-refractivity contribution in [3.63, 3.8) is 0 Å². The van der Waals surface area contributed by atoms with E-state index in [0.717, 1.165) is 79.6 Å². The summed E-state index contributed by atoms with van der Waals surface area (Å²) in [4.78, 5) is 57.7. The molecule has 0 saturated carbocycles. The standard InChI is InChI=1S/C22H34N6O2S.2C2H2O4/c1-17(29)24-20-7-8-21(28-12-10-27(4)11-13-28)25-22(20)23-9-14-31-16-19-6-5-18(30-19)15-26(2)3;2*3-1(4)2(5)6/h5-8H,9-16H2,1-4H3,(H,23,25)(H,24,29);2*(H,3,4)(H,5,6). The first kappa shape index (κ1) is 36.7. The van der Waals surface area contributed by atoms with Crippen LogP contribution in [0.4, 0.5) is 17.3 Å². The van der Waals surface area contributed by atoms with Crippen molar-refractivity contribution < 1.29 is 58.6 Å². The second-order valence-corrected chi connectivity index (χ2v) is 10.7. The number of hydrogen-bond donors (Lipinski definition) is 6. The molecule has 2 aromatic heterocycles. The molecule has 16 nitrogen and oxygen atoms in total. The largest absolute Gasteiger partial charge is 0.539 e. The third kappa shape index (κ3) is 15.5. The first-order chi connectivity index (χ1) is 20.2. The molecule has 0 unspecified atom stereocenters. The number of likely N-dealkylation sites (N-methyl/N-ethyl adjacent to an activating group) is 1. The molecule has 1 saturated heterocycles. The van der Waals surface area contributed by atoms with Crippen LogP contribution >= 0.6 is 11.8 Å². The van der Waals surface area contributed by atoms with Gasteiger partial charge in [0.15, 0.2) is 23.5 Å². The second kappa shape index (κ2) is 19.0. The number of carboxylic acid groups (broad SMARTS) is 4. The lowest BCUT2D eigenvalue weighted by atomic mass is 10.3. The zero-order valence-electron chi connectivity index (χ0n) is 24.4. The summed E-state index contributed by atoms with van der Waals surface area (Å²) in [5, 5.41) is 38.9. The fraction of sp³-hybridized carbons (Fsp3) is 0.462. The van der Waals surface area contributed by atoms with Crippen molar-refractivity contribution in [2.24, 2.45) is 0 Å². The third-order valence-corrected chi connectivity index (χ3v) is 6.49. The van der Waals surface area contributed by atoms with Crippen LogP contribution in [-0.4, -0.2) is 105 Å². The Balaban J connectivity index is 0.000000649. The third-order valence-electron chi connectivity index (χ3n) is 5.51. The SMILES string of the molecule is CC(=O)Nc1ccc(N2CC[NH+](C)CC2)nc1NCCSCc1ccc(C[NH+](C)C)o1.O=C([O-])C(=O)O.O=C([O-])C(=O)O. The molecule has 0 radical (unpaired) electrons. The molecule has 6 N–H and O–H groups in total. The lowest BCUT2D eigenvalue weighted by Crippen LogP contribution is -3.12. The number of amides is 1. The van der Waals surface area contributed by atoms with Crippen molar-refractivity contribution >= 4 is 58.9 Å². The van der Waals surface area contributed by atoms with Gasteiger partial charge in [0.2, 0.25) is 5.91 Å². The molecule has 43 heavy (non-hydrogen) atoms. The molecule has 0 aliphatic carbocycles. The van der Waals surface area contributed by atoms with E-state index in [0.29, 0.717) is 0 Å². The van der Waals surface area contributed by atoms with E-state index in [1.54, 1.807) is 4.90 Å². The van der Waals surface area contributed by atoms with Gasteiger partial charge in [-0.1, -0.05) is 0 Å². The van der Waals surface area contributed by atoms with Crippen molar-refractivity contribution in [3.8, 4) is 0 Å². The van der Waals surface area contributed by atoms with E-state index in [9.17, 15) is 4.79 Å². The van der Waals surface area contributed by atoms with Crippen molar-refractivity contribution in [3.05, 3.63) is 35.8 Å². The number of pyridine rings is 1. The molecule has 0 spiro atoms. The van der Waals surface area contributed by atoms with E-state index in [1.165, 1.54) is 11.8 Å². The summed E-state index contributed by atoms with van der Waals surface area (Å²) in [6.45, 7) is 7.39. The molecular weight excluding hydrogens is 588 g/mol. The number of carbonyl (C=O) groups excluding carboxylic acids is 3. The van der Waals surface area contributed by atoms with Gasteiger partial charge in [0.1, 0.15) is 18.1 Å². The van der Waals surface area contributed by atoms with E-state index in [-0.39, 0.29) is 5.91 Å². The maximum absolute atomic E-state index is 11.6. The molecule has 238 valence electrons. The summed E-state index contributed by atoms with van der Waals surface area (Å²) in [5.41, 5.74) is 0.725. The van der Waals surface area contributed by atoms with Crippen LogP contribution in [0.2, 0.25) is 0 Å². The summed E-state index contributed by atoms with van der Waals surface area (Å²) in [6, 6.07) is 8.07. The Kier molecular flexibility index (Phi) is 16.2. The highest BCUT2D eigenvalue weighted by Gasteiger charge is 2.19. The van der Waals surface area contributed by atoms with Crippen molar-refractivity contribution in [2.75, 3.05) is 75.2 Å². The summed E-state index contributed by atoms with van der Waals surface area (Å²) >= 11 is 1.82. The van der Waals surface area contributed by atoms with Crippen LogP contribution in [0.15, 0.2) is 28.7 Å². The van der Waals surface area contributed by atoms with Crippen LogP contribution < -0.4 is 35.5 Å². The summed E-state index contributed by atoms with van der Waals surface area (Å²) < 4.78 is 5.88. The number of aliphatic carboxylic acids is 4. The topological polar surface area (TPSA) is 234 Å². The number of piperazine rings is 1. The zero-order valence-corrected chi connectivity index (χ0v) is 25.2. The van der Waals surface area contributed by atoms with Gasteiger partial charge in [-0.2, -0.15) is 11.8 Å². The summed E-state index contributed by atoms with van der Waals surface area (Å²) in [5.74, 6) is -2.62. The number of nitrogens with one attached hydrogen (secondary N) is 4. The van der Waals surface area contributed by atoms with E-state index < -0.39 is 23.9 Å². The normalized spacial score (nSPS) is 12.7. The second-order valence-electron chi connectivity index (χ2n) is 9.61. The number of furan rings is 1. The first-order valence-electron chi connectivity index (χ1n) is 13.1. The number of carbonyl (C=O) groups is 5. The molecule has 3 heterocycles. The fourth-order valence-corrected chi connectivity index (χ4v) is 4.27. The number of aromatic nitrogens is 1. The van der Waals surface area contributed by atoms with Gasteiger partial charge in [-0.3, -0.25) is 4.79 Å². The Bertz CT molecular complexity index is 1180. The Morgan fingerprint density at radius 2 is 1.58 bits per heavy atom. The summed E-state index contributed by atoms with van der Waals surface area (Å²) in [6.07, 6.45) is 0. The zero-order chi connectivity index (χ0) is 32.5. The van der Waals surface area contributed by atoms with Crippen LogP contribution in [0.25, 0.3) is 0 Å². The molecular formula is C26H38N6O10S. The van der Waals surface area contributed by atoms with Crippen LogP contribution in [0.5, 0.6) is 0 Å². The number of hydrogen-bond acceptors (Lipinski definition) is 12. The van der Waals surface area contributed by atoms with Gasteiger partial charge in [-0.05, 0) is 24.3 Å². The highest BCUT2D eigenvalue weighted by atomic mass is 32.2. The Morgan fingerprint density at radius 1 is 1.02 bits per heavy atom. The Labute approximate surface area is 252 Å². The molecule has 0 atom stereocenters. The van der Waals surface area contributed by atoms with Gasteiger partial charge in [0.25, 0.3) is 0 Å². The smallest absolute Gasteiger partial charge is 0.351 e. The van der Waals surface area contributed by atoms with Crippen LogP contribution in [0.3, 0.4) is 0 Å². The highest BCUT2D eigenvalue weighted by molar-refractivity contribution is 7.98. The van der Waals surface area contributed by atoms with Gasteiger partial charge >= 0.3 is 11.9 Å². The van der Waals surface area contributed by atoms with Gasteiger partial charge < -0.3 is 59.8 Å². The molecule has 2 aromatic rings. The molecule has 1 fully saturated rings. The minimum absolute atomic E-state index is 0.0941. The van der Waals surface area contributed by atoms with Crippen molar-refractivity contribution in [2.45, 2.75) is 19.2 Å². The van der Waals surface area contributed by atoms with E-state index in [2.05, 4.69) is 48.8 Å². The van der Waals surface area contributed by atoms with E-state index in [4.69, 9.17) is 49.0 Å². The number of nitrogens with zero attached hydrogens (tertiary/aromatic N) is 2. The predicted molar refractivity (Wildman–Crippen MR) is 153 cm³/mol. The Hall–Kier alpha value is -4.35. The molecule has 0 aromatic carbocycles. The van der Waals surface area contributed by atoms with Crippen LogP contribution in [0, 0.1) is 0 Å². The van der Waals surface area contributed by atoms with Crippen molar-refractivity contribution in [1.29, 1.82) is 0 Å². The number of carboxylic acids is 4. The average Bonchev–Trinajstić information content (AvgIpc) is 3.36. The number of thioether (sulfide) groups is 1. The van der Waals surface area contributed by atoms with E-state index in [1.807, 2.05) is 23.9 Å². The maximum Gasteiger partial charge on any atom is 0.351 e. The molecule has 3 rings (SSSR count). The van der Waals surface area contributed by atoms with Gasteiger partial charge in [-0.15, -0.1) is 0 Å². The average molecular weight is 627 g/mol.